The molecule has 2 aliphatic carbocycles. The molecule has 0 amide bonds. The van der Waals surface area contributed by atoms with Gasteiger partial charge in [0.1, 0.15) is 5.78 Å². The van der Waals surface area contributed by atoms with E-state index in [4.69, 9.17) is 0 Å². The molecule has 0 aromatic carbocycles. The molecule has 0 aromatic rings. The van der Waals surface area contributed by atoms with E-state index < -0.39 is 0 Å². The number of Topliss-reactive ketones (excluding diaryl/α,β-unsaturated/α-hetero) is 1. The summed E-state index contributed by atoms with van der Waals surface area (Å²) < 4.78 is 0. The molecular formula is C13H22O. The van der Waals surface area contributed by atoms with Crippen LogP contribution in [0, 0.1) is 17.3 Å². The van der Waals surface area contributed by atoms with Crippen LogP contribution in [0.3, 0.4) is 0 Å². The second-order valence-electron chi connectivity index (χ2n) is 5.91. The summed E-state index contributed by atoms with van der Waals surface area (Å²) in [7, 11) is 0. The highest BCUT2D eigenvalue weighted by atomic mass is 16.1. The van der Waals surface area contributed by atoms with E-state index in [1.54, 1.807) is 0 Å². The van der Waals surface area contributed by atoms with Crippen molar-refractivity contribution in [3.05, 3.63) is 0 Å². The highest BCUT2D eigenvalue weighted by Crippen LogP contribution is 2.49. The second kappa shape index (κ2) is 3.67. The van der Waals surface area contributed by atoms with E-state index in [1.807, 2.05) is 0 Å². The van der Waals surface area contributed by atoms with Crippen LogP contribution in [-0.4, -0.2) is 5.78 Å². The predicted molar refractivity (Wildman–Crippen MR) is 58.1 cm³/mol. The Kier molecular flexibility index (Phi) is 2.68. The van der Waals surface area contributed by atoms with Gasteiger partial charge in [0.2, 0.25) is 0 Å². The van der Waals surface area contributed by atoms with E-state index in [9.17, 15) is 4.79 Å². The average Bonchev–Trinajstić information content (AvgIpc) is 2.84. The van der Waals surface area contributed by atoms with Gasteiger partial charge in [0.25, 0.3) is 0 Å². The van der Waals surface area contributed by atoms with Crippen molar-refractivity contribution in [2.24, 2.45) is 17.3 Å². The van der Waals surface area contributed by atoms with Crippen molar-refractivity contribution in [3.8, 4) is 0 Å². The van der Waals surface area contributed by atoms with Gasteiger partial charge in [0.15, 0.2) is 0 Å². The molecule has 2 saturated carbocycles. The maximum Gasteiger partial charge on any atom is 0.136 e. The summed E-state index contributed by atoms with van der Waals surface area (Å²) in [6.07, 6.45) is 8.29. The number of ketones is 1. The molecule has 0 aromatic heterocycles. The smallest absolute Gasteiger partial charge is 0.136 e. The molecule has 80 valence electrons. The number of carbonyl (C=O) groups excluding carboxylic acids is 1. The SMILES string of the molecule is CC1CCC(C(=O)CC2(C)CC2)CC1. The fraction of sp³-hybridized carbons (Fsp3) is 0.923. The van der Waals surface area contributed by atoms with E-state index >= 15 is 0 Å². The van der Waals surface area contributed by atoms with Crippen LogP contribution in [0.2, 0.25) is 0 Å². The molecule has 1 nitrogen and oxygen atoms in total. The lowest BCUT2D eigenvalue weighted by Gasteiger charge is -2.25. The van der Waals surface area contributed by atoms with Crippen molar-refractivity contribution in [2.75, 3.05) is 0 Å². The Morgan fingerprint density at radius 3 is 2.29 bits per heavy atom. The molecule has 1 heteroatoms. The topological polar surface area (TPSA) is 17.1 Å². The van der Waals surface area contributed by atoms with E-state index in [0.717, 1.165) is 25.2 Å². The van der Waals surface area contributed by atoms with Crippen molar-refractivity contribution in [2.45, 2.75) is 58.8 Å². The Morgan fingerprint density at radius 1 is 1.21 bits per heavy atom. The monoisotopic (exact) mass is 194 g/mol. The standard InChI is InChI=1S/C13H22O/c1-10-3-5-11(6-4-10)12(14)9-13(2)7-8-13/h10-11H,3-9H2,1-2H3. The van der Waals surface area contributed by atoms with Crippen LogP contribution in [0.15, 0.2) is 0 Å². The Bertz CT molecular complexity index is 219. The van der Waals surface area contributed by atoms with Gasteiger partial charge < -0.3 is 0 Å². The first kappa shape index (κ1) is 10.2. The van der Waals surface area contributed by atoms with Crippen LogP contribution in [-0.2, 0) is 4.79 Å². The summed E-state index contributed by atoms with van der Waals surface area (Å²) in [6.45, 7) is 4.57. The fourth-order valence-electron chi connectivity index (χ4n) is 2.54. The Hall–Kier alpha value is -0.330. The maximum absolute atomic E-state index is 12.0. The maximum atomic E-state index is 12.0. The van der Waals surface area contributed by atoms with Crippen molar-refractivity contribution >= 4 is 5.78 Å². The molecule has 0 saturated heterocycles. The van der Waals surface area contributed by atoms with Gasteiger partial charge in [-0.1, -0.05) is 26.7 Å². The molecule has 0 bridgehead atoms. The molecule has 0 unspecified atom stereocenters. The van der Waals surface area contributed by atoms with Crippen LogP contribution in [0.5, 0.6) is 0 Å². The first-order chi connectivity index (χ1) is 6.59. The fourth-order valence-corrected chi connectivity index (χ4v) is 2.54. The summed E-state index contributed by atoms with van der Waals surface area (Å²) in [5.41, 5.74) is 0.417. The minimum absolute atomic E-state index is 0.417. The average molecular weight is 194 g/mol. The zero-order chi connectivity index (χ0) is 10.2. The zero-order valence-corrected chi connectivity index (χ0v) is 9.51. The minimum atomic E-state index is 0.417. The number of carbonyl (C=O) groups is 1. The third-order valence-corrected chi connectivity index (χ3v) is 4.18. The summed E-state index contributed by atoms with van der Waals surface area (Å²) >= 11 is 0. The molecule has 2 aliphatic rings. The first-order valence-corrected chi connectivity index (χ1v) is 6.12. The lowest BCUT2D eigenvalue weighted by atomic mass is 9.79. The van der Waals surface area contributed by atoms with Gasteiger partial charge in [0.05, 0.1) is 0 Å². The highest BCUT2D eigenvalue weighted by Gasteiger charge is 2.40. The lowest BCUT2D eigenvalue weighted by molar-refractivity contribution is -0.125. The molecule has 0 N–H and O–H groups in total. The van der Waals surface area contributed by atoms with E-state index in [0.29, 0.717) is 17.1 Å². The number of hydrogen-bond donors (Lipinski definition) is 0. The summed E-state index contributed by atoms with van der Waals surface area (Å²) in [4.78, 5) is 12.0. The van der Waals surface area contributed by atoms with Crippen molar-refractivity contribution in [1.29, 1.82) is 0 Å². The molecule has 14 heavy (non-hydrogen) atoms. The van der Waals surface area contributed by atoms with E-state index in [2.05, 4.69) is 13.8 Å². The van der Waals surface area contributed by atoms with Gasteiger partial charge in [-0.05, 0) is 37.0 Å². The van der Waals surface area contributed by atoms with Gasteiger partial charge in [-0.25, -0.2) is 0 Å². The highest BCUT2D eigenvalue weighted by molar-refractivity contribution is 5.82. The van der Waals surface area contributed by atoms with Crippen LogP contribution < -0.4 is 0 Å². The minimum Gasteiger partial charge on any atom is -0.299 e. The molecule has 0 atom stereocenters. The molecule has 2 rings (SSSR count). The second-order valence-corrected chi connectivity index (χ2v) is 5.91. The molecule has 2 fully saturated rings. The van der Waals surface area contributed by atoms with E-state index in [1.165, 1.54) is 25.7 Å². The summed E-state index contributed by atoms with van der Waals surface area (Å²) in [5, 5.41) is 0. The number of hydrogen-bond acceptors (Lipinski definition) is 1. The number of rotatable bonds is 3. The van der Waals surface area contributed by atoms with Gasteiger partial charge >= 0.3 is 0 Å². The third kappa shape index (κ3) is 2.37. The Morgan fingerprint density at radius 2 is 1.79 bits per heavy atom. The molecule has 0 spiro atoms. The zero-order valence-electron chi connectivity index (χ0n) is 9.51. The normalized spacial score (nSPS) is 35.3. The molecule has 0 heterocycles. The quantitative estimate of drug-likeness (QED) is 0.671. The predicted octanol–water partition coefficient (Wildman–Crippen LogP) is 3.57. The van der Waals surface area contributed by atoms with Gasteiger partial charge in [0, 0.05) is 12.3 Å². The molecule has 0 radical (unpaired) electrons. The Labute approximate surface area is 87.3 Å². The van der Waals surface area contributed by atoms with Crippen molar-refractivity contribution in [1.82, 2.24) is 0 Å². The van der Waals surface area contributed by atoms with Crippen LogP contribution in [0.4, 0.5) is 0 Å². The Balaban J connectivity index is 1.80. The summed E-state index contributed by atoms with van der Waals surface area (Å²) in [5.74, 6) is 1.84. The third-order valence-electron chi connectivity index (χ3n) is 4.18. The molecular weight excluding hydrogens is 172 g/mol. The van der Waals surface area contributed by atoms with Crippen LogP contribution in [0.25, 0.3) is 0 Å². The van der Waals surface area contributed by atoms with Gasteiger partial charge in [-0.3, -0.25) is 4.79 Å². The van der Waals surface area contributed by atoms with Crippen molar-refractivity contribution < 1.29 is 4.79 Å². The summed E-state index contributed by atoms with van der Waals surface area (Å²) in [6, 6.07) is 0. The van der Waals surface area contributed by atoms with E-state index in [-0.39, 0.29) is 0 Å². The van der Waals surface area contributed by atoms with Gasteiger partial charge in [-0.2, -0.15) is 0 Å². The van der Waals surface area contributed by atoms with Crippen LogP contribution in [0.1, 0.15) is 58.8 Å². The largest absolute Gasteiger partial charge is 0.299 e. The lowest BCUT2D eigenvalue weighted by Crippen LogP contribution is -2.22. The van der Waals surface area contributed by atoms with Crippen LogP contribution >= 0.6 is 0 Å². The molecule has 0 aliphatic heterocycles. The van der Waals surface area contributed by atoms with Gasteiger partial charge in [-0.15, -0.1) is 0 Å². The first-order valence-electron chi connectivity index (χ1n) is 6.12. The van der Waals surface area contributed by atoms with Crippen molar-refractivity contribution in [3.63, 3.8) is 0 Å².